The van der Waals surface area contributed by atoms with Crippen molar-refractivity contribution < 1.29 is 19.0 Å². The van der Waals surface area contributed by atoms with Crippen LogP contribution in [0.5, 0.6) is 17.2 Å². The van der Waals surface area contributed by atoms with Crippen LogP contribution in [0.4, 0.5) is 0 Å². The number of hydrogen-bond acceptors (Lipinski definition) is 5. The first-order valence-corrected chi connectivity index (χ1v) is 11.4. The minimum atomic E-state index is -0.111. The van der Waals surface area contributed by atoms with Gasteiger partial charge in [0.05, 0.1) is 17.7 Å². The predicted octanol–water partition coefficient (Wildman–Crippen LogP) is 5.75. The van der Waals surface area contributed by atoms with Crippen molar-refractivity contribution in [2.75, 3.05) is 19.9 Å². The molecular weight excluding hydrogens is 438 g/mol. The van der Waals surface area contributed by atoms with Gasteiger partial charge >= 0.3 is 0 Å². The number of benzene rings is 3. The third-order valence-corrected chi connectivity index (χ3v) is 6.05. The van der Waals surface area contributed by atoms with E-state index in [-0.39, 0.29) is 5.78 Å². The smallest absolute Gasteiger partial charge is 0.231 e. The molecule has 0 saturated heterocycles. The van der Waals surface area contributed by atoms with Crippen molar-refractivity contribution in [2.45, 2.75) is 19.9 Å². The van der Waals surface area contributed by atoms with Crippen LogP contribution in [0, 0.1) is 0 Å². The van der Waals surface area contributed by atoms with Crippen LogP contribution in [0.2, 0.25) is 5.02 Å². The van der Waals surface area contributed by atoms with Crippen LogP contribution in [0.15, 0.2) is 66.4 Å². The lowest BCUT2D eigenvalue weighted by molar-refractivity contribution is 0.0950. The van der Waals surface area contributed by atoms with Crippen LogP contribution in [-0.2, 0) is 13.0 Å². The number of nitrogens with zero attached hydrogens (tertiary/aromatic N) is 1. The summed E-state index contributed by atoms with van der Waals surface area (Å²) in [6.45, 7) is 4.55. The summed E-state index contributed by atoms with van der Waals surface area (Å²) in [4.78, 5) is 15.2. The van der Waals surface area contributed by atoms with Gasteiger partial charge in [-0.1, -0.05) is 35.9 Å². The molecule has 0 fully saturated rings. The van der Waals surface area contributed by atoms with E-state index in [1.165, 1.54) is 5.56 Å². The number of carbonyl (C=O) groups excluding carboxylic acids is 1. The maximum absolute atomic E-state index is 13.0. The molecule has 0 bridgehead atoms. The van der Waals surface area contributed by atoms with Crippen LogP contribution >= 0.6 is 11.6 Å². The molecule has 6 heteroatoms. The van der Waals surface area contributed by atoms with E-state index in [1.807, 2.05) is 61.5 Å². The lowest BCUT2D eigenvalue weighted by Gasteiger charge is -2.29. The van der Waals surface area contributed by atoms with Crippen LogP contribution in [0.3, 0.4) is 0 Å². The fraction of sp³-hybridized carbons (Fsp3) is 0.222. The Bertz CT molecular complexity index is 1200. The number of rotatable bonds is 6. The van der Waals surface area contributed by atoms with Crippen LogP contribution < -0.4 is 14.2 Å². The highest BCUT2D eigenvalue weighted by atomic mass is 35.5. The Hall–Kier alpha value is -3.28. The van der Waals surface area contributed by atoms with Gasteiger partial charge < -0.3 is 14.2 Å². The van der Waals surface area contributed by atoms with Crippen molar-refractivity contribution in [3.05, 3.63) is 93.7 Å². The largest absolute Gasteiger partial charge is 0.494 e. The molecule has 0 atom stereocenters. The Kier molecular flexibility index (Phi) is 6.07. The Morgan fingerprint density at radius 1 is 1.06 bits per heavy atom. The highest BCUT2D eigenvalue weighted by Crippen LogP contribution is 2.42. The molecule has 2 heterocycles. The average molecular weight is 462 g/mol. The second kappa shape index (κ2) is 9.30. The molecule has 0 N–H and O–H groups in total. The first-order valence-electron chi connectivity index (χ1n) is 11.0. The van der Waals surface area contributed by atoms with Crippen molar-refractivity contribution in [1.29, 1.82) is 0 Å². The van der Waals surface area contributed by atoms with Crippen molar-refractivity contribution in [2.24, 2.45) is 0 Å². The molecule has 2 aliphatic heterocycles. The number of Topliss-reactive ketones (excluding diaryl/α,β-unsaturated/α-hetero) is 1. The highest BCUT2D eigenvalue weighted by molar-refractivity contribution is 6.30. The highest BCUT2D eigenvalue weighted by Gasteiger charge is 2.33. The van der Waals surface area contributed by atoms with E-state index in [9.17, 15) is 4.79 Å². The van der Waals surface area contributed by atoms with Gasteiger partial charge in [0.2, 0.25) is 5.78 Å². The summed E-state index contributed by atoms with van der Waals surface area (Å²) in [7, 11) is 0. The van der Waals surface area contributed by atoms with Gasteiger partial charge in [-0.2, -0.15) is 0 Å². The van der Waals surface area contributed by atoms with Gasteiger partial charge in [-0.25, -0.2) is 0 Å². The fourth-order valence-electron chi connectivity index (χ4n) is 4.06. The van der Waals surface area contributed by atoms with Crippen LogP contribution in [0.1, 0.15) is 34.0 Å². The summed E-state index contributed by atoms with van der Waals surface area (Å²) in [5, 5.41) is 0.737. The lowest BCUT2D eigenvalue weighted by Crippen LogP contribution is -2.33. The molecule has 33 heavy (non-hydrogen) atoms. The van der Waals surface area contributed by atoms with Gasteiger partial charge in [-0.15, -0.1) is 0 Å². The lowest BCUT2D eigenvalue weighted by atomic mass is 10.0. The van der Waals surface area contributed by atoms with Crippen molar-refractivity contribution in [3.8, 4) is 17.2 Å². The third-order valence-electron chi connectivity index (χ3n) is 5.80. The van der Waals surface area contributed by atoms with Gasteiger partial charge in [0.1, 0.15) is 24.0 Å². The Morgan fingerprint density at radius 2 is 1.85 bits per heavy atom. The second-order valence-corrected chi connectivity index (χ2v) is 8.50. The van der Waals surface area contributed by atoms with E-state index in [0.29, 0.717) is 37.0 Å². The summed E-state index contributed by atoms with van der Waals surface area (Å²) in [5.74, 6) is 2.38. The molecular formula is C27H24ClNO4. The molecule has 0 spiro atoms. The summed E-state index contributed by atoms with van der Waals surface area (Å²) in [5.41, 5.74) is 3.59. The number of fused-ring (bicyclic) bond motifs is 3. The summed E-state index contributed by atoms with van der Waals surface area (Å²) in [6, 6.07) is 19.1. The predicted molar refractivity (Wildman–Crippen MR) is 128 cm³/mol. The molecule has 0 saturated carbocycles. The maximum Gasteiger partial charge on any atom is 0.231 e. The minimum Gasteiger partial charge on any atom is -0.494 e. The standard InChI is InChI=1S/C27H24ClNO4/c1-2-31-21-9-5-19(6-10-21)15-25-26(30)22-11-12-24-23(27(22)33-25)16-29(17-32-24)14-13-18-3-7-20(28)8-4-18/h3-12,15H,2,13-14,16-17H2,1H3/b25-15-. The molecule has 5 rings (SSSR count). The quantitative estimate of drug-likeness (QED) is 0.437. The zero-order valence-corrected chi connectivity index (χ0v) is 19.1. The Balaban J connectivity index is 1.32. The molecule has 0 unspecified atom stereocenters. The third kappa shape index (κ3) is 4.61. The van der Waals surface area contributed by atoms with Crippen molar-refractivity contribution >= 4 is 23.5 Å². The fourth-order valence-corrected chi connectivity index (χ4v) is 4.19. The molecule has 0 radical (unpaired) electrons. The van der Waals surface area contributed by atoms with E-state index in [1.54, 1.807) is 12.1 Å². The molecule has 0 aromatic heterocycles. The SMILES string of the molecule is CCOc1ccc(/C=C2\Oc3c(ccc4c3CN(CCc3ccc(Cl)cc3)CO4)C2=O)cc1. The molecule has 0 amide bonds. The normalized spacial score (nSPS) is 16.2. The summed E-state index contributed by atoms with van der Waals surface area (Å²) in [6.07, 6.45) is 2.65. The monoisotopic (exact) mass is 461 g/mol. The first-order chi connectivity index (χ1) is 16.1. The molecule has 168 valence electrons. The van der Waals surface area contributed by atoms with Gasteiger partial charge in [-0.05, 0) is 66.9 Å². The van der Waals surface area contributed by atoms with E-state index in [0.717, 1.165) is 40.6 Å². The van der Waals surface area contributed by atoms with E-state index in [4.69, 9.17) is 25.8 Å². The first kappa shape index (κ1) is 21.6. The van der Waals surface area contributed by atoms with Gasteiger partial charge in [0, 0.05) is 18.1 Å². The number of carbonyl (C=O) groups is 1. The number of ketones is 1. The van der Waals surface area contributed by atoms with Gasteiger partial charge in [0.15, 0.2) is 5.76 Å². The molecule has 3 aromatic carbocycles. The molecule has 3 aromatic rings. The average Bonchev–Trinajstić information content (AvgIpc) is 3.15. The van der Waals surface area contributed by atoms with E-state index < -0.39 is 0 Å². The van der Waals surface area contributed by atoms with Crippen LogP contribution in [-0.4, -0.2) is 30.6 Å². The maximum atomic E-state index is 13.0. The zero-order chi connectivity index (χ0) is 22.8. The Labute approximate surface area is 198 Å². The minimum absolute atomic E-state index is 0.111. The zero-order valence-electron chi connectivity index (χ0n) is 18.3. The molecule has 2 aliphatic rings. The van der Waals surface area contributed by atoms with Crippen molar-refractivity contribution in [3.63, 3.8) is 0 Å². The van der Waals surface area contributed by atoms with Crippen molar-refractivity contribution in [1.82, 2.24) is 4.90 Å². The number of halogens is 1. The topological polar surface area (TPSA) is 48.0 Å². The van der Waals surface area contributed by atoms with Gasteiger partial charge in [-0.3, -0.25) is 9.69 Å². The molecule has 5 nitrogen and oxygen atoms in total. The van der Waals surface area contributed by atoms with Gasteiger partial charge in [0.25, 0.3) is 0 Å². The molecule has 0 aliphatic carbocycles. The second-order valence-electron chi connectivity index (χ2n) is 8.06. The summed E-state index contributed by atoms with van der Waals surface area (Å²) < 4.78 is 17.5. The van der Waals surface area contributed by atoms with E-state index in [2.05, 4.69) is 4.90 Å². The number of ether oxygens (including phenoxy) is 3. The number of allylic oxidation sites excluding steroid dienone is 1. The van der Waals surface area contributed by atoms with E-state index >= 15 is 0 Å². The number of hydrogen-bond donors (Lipinski definition) is 0. The Morgan fingerprint density at radius 3 is 2.61 bits per heavy atom. The summed E-state index contributed by atoms with van der Waals surface area (Å²) >= 11 is 5.98. The van der Waals surface area contributed by atoms with Crippen LogP contribution in [0.25, 0.3) is 6.08 Å².